The molecule has 1 N–H and O–H groups in total. The quantitative estimate of drug-likeness (QED) is 0.701. The lowest BCUT2D eigenvalue weighted by Crippen LogP contribution is -2.52. The second-order valence-electron chi connectivity index (χ2n) is 3.61. The lowest BCUT2D eigenvalue weighted by atomic mass is 10.2. The zero-order valence-corrected chi connectivity index (χ0v) is 8.85. The molecule has 2 amide bonds. The second kappa shape index (κ2) is 4.85. The van der Waals surface area contributed by atoms with Crippen molar-refractivity contribution in [1.29, 1.82) is 0 Å². The van der Waals surface area contributed by atoms with Gasteiger partial charge in [0.25, 0.3) is 0 Å². The summed E-state index contributed by atoms with van der Waals surface area (Å²) in [6.07, 6.45) is 2.31. The van der Waals surface area contributed by atoms with Gasteiger partial charge >= 0.3 is 0 Å². The molecule has 1 aromatic rings. The smallest absolute Gasteiger partial charge is 0.243 e. The predicted octanol–water partition coefficient (Wildman–Crippen LogP) is -0.417. The topological polar surface area (TPSA) is 62.3 Å². The van der Waals surface area contributed by atoms with Gasteiger partial charge in [0.15, 0.2) is 0 Å². The number of hydrogen-bond donors (Lipinski definition) is 1. The molecule has 5 heteroatoms. The summed E-state index contributed by atoms with van der Waals surface area (Å²) in [5, 5.41) is 2.76. The van der Waals surface area contributed by atoms with Crippen LogP contribution < -0.4 is 5.32 Å². The van der Waals surface area contributed by atoms with E-state index in [1.807, 2.05) is 18.2 Å². The number of piperazine rings is 1. The summed E-state index contributed by atoms with van der Waals surface area (Å²) in [5.41, 5.74) is 0.890. The number of nitrogens with one attached hydrogen (secondary N) is 1. The van der Waals surface area contributed by atoms with E-state index in [9.17, 15) is 9.59 Å². The number of nitrogens with zero attached hydrogens (tertiary/aromatic N) is 2. The van der Waals surface area contributed by atoms with Crippen molar-refractivity contribution in [1.82, 2.24) is 15.2 Å². The molecule has 0 aromatic carbocycles. The zero-order chi connectivity index (χ0) is 11.4. The minimum atomic E-state index is -0.160. The Balaban J connectivity index is 1.94. The molecule has 2 heterocycles. The summed E-state index contributed by atoms with van der Waals surface area (Å²) in [5.74, 6) is -0.320. The van der Waals surface area contributed by atoms with E-state index >= 15 is 0 Å². The van der Waals surface area contributed by atoms with Crippen molar-refractivity contribution in [3.8, 4) is 0 Å². The van der Waals surface area contributed by atoms with Gasteiger partial charge in [0.2, 0.25) is 11.8 Å². The first kappa shape index (κ1) is 10.8. The Morgan fingerprint density at radius 3 is 2.62 bits per heavy atom. The van der Waals surface area contributed by atoms with Crippen LogP contribution in [0.5, 0.6) is 0 Å². The van der Waals surface area contributed by atoms with E-state index in [1.54, 1.807) is 6.20 Å². The Morgan fingerprint density at radius 2 is 2.00 bits per heavy atom. The number of aromatic nitrogens is 1. The number of hydrogen-bond acceptors (Lipinski definition) is 4. The number of pyridine rings is 1. The Bertz CT molecular complexity index is 375. The average Bonchev–Trinajstić information content (AvgIpc) is 2.30. The highest BCUT2D eigenvalue weighted by molar-refractivity contribution is 5.99. The van der Waals surface area contributed by atoms with Crippen molar-refractivity contribution in [3.63, 3.8) is 0 Å². The molecular weight excluding hydrogens is 206 g/mol. The zero-order valence-electron chi connectivity index (χ0n) is 8.85. The van der Waals surface area contributed by atoms with Crippen LogP contribution in [-0.4, -0.2) is 41.3 Å². The summed E-state index contributed by atoms with van der Waals surface area (Å²) >= 11 is 0. The lowest BCUT2D eigenvalue weighted by molar-refractivity contribution is -0.146. The molecule has 0 aliphatic carbocycles. The molecule has 84 valence electrons. The fraction of sp³-hybridized carbons (Fsp3) is 0.364. The first-order valence-corrected chi connectivity index (χ1v) is 5.21. The highest BCUT2D eigenvalue weighted by Crippen LogP contribution is 2.01. The molecule has 1 aliphatic heterocycles. The van der Waals surface area contributed by atoms with Crippen molar-refractivity contribution < 1.29 is 9.59 Å². The number of carbonyl (C=O) groups excluding carboxylic acids is 2. The van der Waals surface area contributed by atoms with Gasteiger partial charge in [-0.15, -0.1) is 0 Å². The van der Waals surface area contributed by atoms with E-state index in [4.69, 9.17) is 0 Å². The largest absolute Gasteiger partial charge is 0.300 e. The SMILES string of the molecule is O=C1CNCC(=O)N1CCc1ccccn1. The highest BCUT2D eigenvalue weighted by Gasteiger charge is 2.24. The number of carbonyl (C=O) groups is 2. The summed E-state index contributed by atoms with van der Waals surface area (Å²) in [6.45, 7) is 0.901. The Labute approximate surface area is 93.5 Å². The third kappa shape index (κ3) is 2.43. The van der Waals surface area contributed by atoms with Crippen LogP contribution in [0.4, 0.5) is 0 Å². The normalized spacial score (nSPS) is 16.6. The van der Waals surface area contributed by atoms with Crippen molar-refractivity contribution in [2.45, 2.75) is 6.42 Å². The molecule has 0 saturated carbocycles. The van der Waals surface area contributed by atoms with Crippen LogP contribution >= 0.6 is 0 Å². The van der Waals surface area contributed by atoms with Crippen LogP contribution in [0.15, 0.2) is 24.4 Å². The van der Waals surface area contributed by atoms with Crippen LogP contribution in [0.25, 0.3) is 0 Å². The van der Waals surface area contributed by atoms with E-state index in [0.29, 0.717) is 13.0 Å². The molecule has 0 spiro atoms. The van der Waals surface area contributed by atoms with Crippen LogP contribution in [-0.2, 0) is 16.0 Å². The molecule has 16 heavy (non-hydrogen) atoms. The fourth-order valence-corrected chi connectivity index (χ4v) is 1.63. The summed E-state index contributed by atoms with van der Waals surface area (Å²) < 4.78 is 0. The van der Waals surface area contributed by atoms with Gasteiger partial charge < -0.3 is 0 Å². The minimum absolute atomic E-state index is 0.160. The monoisotopic (exact) mass is 219 g/mol. The summed E-state index contributed by atoms with van der Waals surface area (Å²) in [6, 6.07) is 5.62. The molecule has 0 bridgehead atoms. The van der Waals surface area contributed by atoms with Gasteiger partial charge in [-0.05, 0) is 12.1 Å². The minimum Gasteiger partial charge on any atom is -0.300 e. The van der Waals surface area contributed by atoms with Gasteiger partial charge in [0.05, 0.1) is 13.1 Å². The molecule has 0 unspecified atom stereocenters. The van der Waals surface area contributed by atoms with Gasteiger partial charge in [-0.25, -0.2) is 0 Å². The molecule has 5 nitrogen and oxygen atoms in total. The maximum absolute atomic E-state index is 11.4. The molecule has 1 saturated heterocycles. The van der Waals surface area contributed by atoms with E-state index < -0.39 is 0 Å². The number of rotatable bonds is 3. The van der Waals surface area contributed by atoms with Crippen molar-refractivity contribution >= 4 is 11.8 Å². The van der Waals surface area contributed by atoms with Crippen LogP contribution in [0.2, 0.25) is 0 Å². The highest BCUT2D eigenvalue weighted by atomic mass is 16.2. The maximum Gasteiger partial charge on any atom is 0.243 e. The van der Waals surface area contributed by atoms with Gasteiger partial charge in [-0.3, -0.25) is 24.8 Å². The van der Waals surface area contributed by atoms with Crippen molar-refractivity contribution in [2.24, 2.45) is 0 Å². The predicted molar refractivity (Wildman–Crippen MR) is 57.5 cm³/mol. The Morgan fingerprint density at radius 1 is 1.25 bits per heavy atom. The van der Waals surface area contributed by atoms with Crippen LogP contribution in [0.1, 0.15) is 5.69 Å². The average molecular weight is 219 g/mol. The van der Waals surface area contributed by atoms with Crippen LogP contribution in [0.3, 0.4) is 0 Å². The first-order chi connectivity index (χ1) is 7.77. The van der Waals surface area contributed by atoms with E-state index in [0.717, 1.165) is 5.69 Å². The van der Waals surface area contributed by atoms with Crippen molar-refractivity contribution in [3.05, 3.63) is 30.1 Å². The molecule has 1 aromatic heterocycles. The number of amides is 2. The lowest BCUT2D eigenvalue weighted by Gasteiger charge is -2.25. The van der Waals surface area contributed by atoms with E-state index in [2.05, 4.69) is 10.3 Å². The molecule has 0 radical (unpaired) electrons. The standard InChI is InChI=1S/C11H13N3O2/c15-10-7-12-8-11(16)14(10)6-4-9-3-1-2-5-13-9/h1-3,5,12H,4,6-8H2. The first-order valence-electron chi connectivity index (χ1n) is 5.21. The number of imide groups is 1. The van der Waals surface area contributed by atoms with E-state index in [-0.39, 0.29) is 24.9 Å². The Kier molecular flexibility index (Phi) is 3.26. The summed E-state index contributed by atoms with van der Waals surface area (Å²) in [7, 11) is 0. The fourth-order valence-electron chi connectivity index (χ4n) is 1.63. The van der Waals surface area contributed by atoms with Gasteiger partial charge in [-0.1, -0.05) is 6.07 Å². The molecule has 1 aliphatic rings. The third-order valence-electron chi connectivity index (χ3n) is 2.47. The van der Waals surface area contributed by atoms with Gasteiger partial charge in [0, 0.05) is 24.9 Å². The molecule has 1 fully saturated rings. The van der Waals surface area contributed by atoms with E-state index in [1.165, 1.54) is 4.90 Å². The van der Waals surface area contributed by atoms with Crippen LogP contribution in [0, 0.1) is 0 Å². The second-order valence-corrected chi connectivity index (χ2v) is 3.61. The molecular formula is C11H13N3O2. The Hall–Kier alpha value is -1.75. The molecule has 2 rings (SSSR count). The van der Waals surface area contributed by atoms with Gasteiger partial charge in [-0.2, -0.15) is 0 Å². The van der Waals surface area contributed by atoms with Crippen molar-refractivity contribution in [2.75, 3.05) is 19.6 Å². The third-order valence-corrected chi connectivity index (χ3v) is 2.47. The summed E-state index contributed by atoms with van der Waals surface area (Å²) in [4.78, 5) is 28.3. The molecule has 0 atom stereocenters. The maximum atomic E-state index is 11.4. The van der Waals surface area contributed by atoms with Gasteiger partial charge in [0.1, 0.15) is 0 Å².